The lowest BCUT2D eigenvalue weighted by Gasteiger charge is -2.16. The molecule has 0 heterocycles. The lowest BCUT2D eigenvalue weighted by molar-refractivity contribution is 0.395. The van der Waals surface area contributed by atoms with Gasteiger partial charge in [-0.25, -0.2) is 0 Å². The van der Waals surface area contributed by atoms with Crippen molar-refractivity contribution in [3.8, 4) is 0 Å². The van der Waals surface area contributed by atoms with E-state index in [4.69, 9.17) is 0 Å². The Morgan fingerprint density at radius 1 is 1.50 bits per heavy atom. The molecule has 0 aromatic heterocycles. The van der Waals surface area contributed by atoms with Gasteiger partial charge in [-0.05, 0) is 27.1 Å². The standard InChI is InChI=1S/C8H18N2/c1-4-7-10(5-2)8-6-9-3/h4,7,9H,5-6,8H2,1-3H3/b7-4+. The summed E-state index contributed by atoms with van der Waals surface area (Å²) >= 11 is 0. The van der Waals surface area contributed by atoms with Crippen molar-refractivity contribution in [1.82, 2.24) is 10.2 Å². The molecule has 0 aromatic rings. The fraction of sp³-hybridized carbons (Fsp3) is 0.750. The van der Waals surface area contributed by atoms with Crippen LogP contribution in [0.15, 0.2) is 12.3 Å². The molecule has 0 saturated heterocycles. The highest BCUT2D eigenvalue weighted by atomic mass is 15.1. The van der Waals surface area contributed by atoms with Crippen molar-refractivity contribution in [3.63, 3.8) is 0 Å². The molecule has 0 aliphatic heterocycles. The third-order valence-electron chi connectivity index (χ3n) is 1.42. The SMILES string of the molecule is C/C=C/N(CC)CCNC. The monoisotopic (exact) mass is 142 g/mol. The molecule has 0 bridgehead atoms. The maximum Gasteiger partial charge on any atom is 0.0297 e. The maximum atomic E-state index is 3.12. The summed E-state index contributed by atoms with van der Waals surface area (Å²) in [7, 11) is 1.98. The minimum absolute atomic E-state index is 1.05. The normalized spacial score (nSPS) is 10.7. The van der Waals surface area contributed by atoms with Crippen molar-refractivity contribution in [3.05, 3.63) is 12.3 Å². The summed E-state index contributed by atoms with van der Waals surface area (Å²) in [6.45, 7) is 7.44. The van der Waals surface area contributed by atoms with Gasteiger partial charge in [0.25, 0.3) is 0 Å². The summed E-state index contributed by atoms with van der Waals surface area (Å²) in [6, 6.07) is 0. The Morgan fingerprint density at radius 2 is 2.20 bits per heavy atom. The third-order valence-corrected chi connectivity index (χ3v) is 1.42. The molecule has 0 atom stereocenters. The van der Waals surface area contributed by atoms with Gasteiger partial charge >= 0.3 is 0 Å². The Kier molecular flexibility index (Phi) is 6.29. The Hall–Kier alpha value is -0.500. The van der Waals surface area contributed by atoms with Crippen LogP contribution in [0.4, 0.5) is 0 Å². The minimum Gasteiger partial charge on any atom is -0.377 e. The van der Waals surface area contributed by atoms with Gasteiger partial charge in [0.2, 0.25) is 0 Å². The third kappa shape index (κ3) is 4.39. The van der Waals surface area contributed by atoms with Crippen molar-refractivity contribution in [2.24, 2.45) is 0 Å². The smallest absolute Gasteiger partial charge is 0.0297 e. The molecule has 60 valence electrons. The van der Waals surface area contributed by atoms with Crippen LogP contribution in [0.5, 0.6) is 0 Å². The molecule has 2 heteroatoms. The number of hydrogen-bond acceptors (Lipinski definition) is 2. The van der Waals surface area contributed by atoms with Crippen molar-refractivity contribution in [2.75, 3.05) is 26.7 Å². The fourth-order valence-electron chi connectivity index (χ4n) is 0.804. The molecule has 1 N–H and O–H groups in total. The fourth-order valence-corrected chi connectivity index (χ4v) is 0.804. The average Bonchev–Trinajstić information content (AvgIpc) is 1.98. The molecule has 0 aliphatic carbocycles. The molecule has 2 nitrogen and oxygen atoms in total. The molecular formula is C8H18N2. The molecule has 0 unspecified atom stereocenters. The van der Waals surface area contributed by atoms with E-state index < -0.39 is 0 Å². The highest BCUT2D eigenvalue weighted by Crippen LogP contribution is 1.86. The van der Waals surface area contributed by atoms with Crippen molar-refractivity contribution in [1.29, 1.82) is 0 Å². The van der Waals surface area contributed by atoms with Crippen LogP contribution in [0.1, 0.15) is 13.8 Å². The van der Waals surface area contributed by atoms with Crippen LogP contribution in [0.2, 0.25) is 0 Å². The Bertz CT molecular complexity index is 89.3. The summed E-state index contributed by atoms with van der Waals surface area (Å²) in [4.78, 5) is 2.27. The molecule has 10 heavy (non-hydrogen) atoms. The van der Waals surface area contributed by atoms with Crippen LogP contribution in [-0.4, -0.2) is 31.6 Å². The van der Waals surface area contributed by atoms with Gasteiger partial charge in [0.15, 0.2) is 0 Å². The first kappa shape index (κ1) is 9.50. The highest BCUT2D eigenvalue weighted by molar-refractivity contribution is 4.77. The van der Waals surface area contributed by atoms with Crippen molar-refractivity contribution >= 4 is 0 Å². The first-order valence-corrected chi connectivity index (χ1v) is 3.86. The van der Waals surface area contributed by atoms with E-state index in [0.29, 0.717) is 0 Å². The molecule has 0 fully saturated rings. The van der Waals surface area contributed by atoms with Crippen molar-refractivity contribution in [2.45, 2.75) is 13.8 Å². The summed E-state index contributed by atoms with van der Waals surface area (Å²) in [5.74, 6) is 0. The topological polar surface area (TPSA) is 15.3 Å². The van der Waals surface area contributed by atoms with Crippen LogP contribution in [0.3, 0.4) is 0 Å². The second-order valence-corrected chi connectivity index (χ2v) is 2.21. The van der Waals surface area contributed by atoms with Crippen LogP contribution < -0.4 is 5.32 Å². The van der Waals surface area contributed by atoms with Gasteiger partial charge < -0.3 is 10.2 Å². The number of rotatable bonds is 5. The minimum atomic E-state index is 1.05. The van der Waals surface area contributed by atoms with Gasteiger partial charge in [0.1, 0.15) is 0 Å². The lowest BCUT2D eigenvalue weighted by Crippen LogP contribution is -2.26. The van der Waals surface area contributed by atoms with Gasteiger partial charge in [0.05, 0.1) is 0 Å². The molecular weight excluding hydrogens is 124 g/mol. The summed E-state index contributed by atoms with van der Waals surface area (Å²) in [5, 5.41) is 3.12. The summed E-state index contributed by atoms with van der Waals surface area (Å²) in [6.07, 6.45) is 4.19. The van der Waals surface area contributed by atoms with E-state index in [9.17, 15) is 0 Å². The lowest BCUT2D eigenvalue weighted by atomic mass is 10.5. The zero-order valence-electron chi connectivity index (χ0n) is 7.22. The molecule has 0 radical (unpaired) electrons. The van der Waals surface area contributed by atoms with E-state index in [2.05, 4.69) is 29.4 Å². The maximum absolute atomic E-state index is 3.12. The van der Waals surface area contributed by atoms with Crippen LogP contribution in [0, 0.1) is 0 Å². The average molecular weight is 142 g/mol. The number of allylic oxidation sites excluding steroid dienone is 1. The Labute approximate surface area is 63.9 Å². The van der Waals surface area contributed by atoms with E-state index in [1.165, 1.54) is 0 Å². The first-order valence-electron chi connectivity index (χ1n) is 3.86. The summed E-state index contributed by atoms with van der Waals surface area (Å²) < 4.78 is 0. The second-order valence-electron chi connectivity index (χ2n) is 2.21. The van der Waals surface area contributed by atoms with Gasteiger partial charge in [-0.1, -0.05) is 6.08 Å². The molecule has 0 aliphatic rings. The van der Waals surface area contributed by atoms with E-state index in [0.717, 1.165) is 19.6 Å². The predicted octanol–water partition coefficient (Wildman–Crippen LogP) is 1.06. The molecule has 0 rings (SSSR count). The Morgan fingerprint density at radius 3 is 2.60 bits per heavy atom. The zero-order chi connectivity index (χ0) is 7.82. The second kappa shape index (κ2) is 6.62. The van der Waals surface area contributed by atoms with Crippen LogP contribution in [-0.2, 0) is 0 Å². The van der Waals surface area contributed by atoms with Gasteiger partial charge in [-0.3, -0.25) is 0 Å². The van der Waals surface area contributed by atoms with E-state index in [1.807, 2.05) is 14.0 Å². The molecule has 0 amide bonds. The quantitative estimate of drug-likeness (QED) is 0.617. The van der Waals surface area contributed by atoms with E-state index in [1.54, 1.807) is 0 Å². The first-order chi connectivity index (χ1) is 4.85. The van der Waals surface area contributed by atoms with E-state index in [-0.39, 0.29) is 0 Å². The van der Waals surface area contributed by atoms with Crippen LogP contribution in [0.25, 0.3) is 0 Å². The van der Waals surface area contributed by atoms with Gasteiger partial charge in [0, 0.05) is 19.6 Å². The van der Waals surface area contributed by atoms with Crippen molar-refractivity contribution < 1.29 is 0 Å². The molecule has 0 spiro atoms. The van der Waals surface area contributed by atoms with Gasteiger partial charge in [-0.15, -0.1) is 0 Å². The Balaban J connectivity index is 3.39. The van der Waals surface area contributed by atoms with E-state index >= 15 is 0 Å². The number of hydrogen-bond donors (Lipinski definition) is 1. The predicted molar refractivity (Wildman–Crippen MR) is 46.0 cm³/mol. The zero-order valence-corrected chi connectivity index (χ0v) is 7.22. The van der Waals surface area contributed by atoms with Gasteiger partial charge in [-0.2, -0.15) is 0 Å². The molecule has 0 saturated carbocycles. The number of nitrogens with one attached hydrogen (secondary N) is 1. The largest absolute Gasteiger partial charge is 0.377 e. The number of nitrogens with zero attached hydrogens (tertiary/aromatic N) is 1. The molecule has 0 aromatic carbocycles. The highest BCUT2D eigenvalue weighted by Gasteiger charge is 1.91. The van der Waals surface area contributed by atoms with Crippen LogP contribution >= 0.6 is 0 Å². The summed E-state index contributed by atoms with van der Waals surface area (Å²) in [5.41, 5.74) is 0. The number of likely N-dealkylation sites (N-methyl/N-ethyl adjacent to an activating group) is 2.